The monoisotopic (exact) mass is 578 g/mol. The number of fused-ring (bicyclic) bond motifs is 2. The van der Waals surface area contributed by atoms with Crippen molar-refractivity contribution < 1.29 is 23.8 Å². The maximum Gasteiger partial charge on any atom is 0.411 e. The Morgan fingerprint density at radius 2 is 1.78 bits per heavy atom. The van der Waals surface area contributed by atoms with Crippen LogP contribution in [0.25, 0.3) is 10.1 Å². The largest absolute Gasteiger partial charge is 0.494 e. The average Bonchev–Trinajstić information content (AvgIpc) is 3.50. The minimum atomic E-state index is -0.415. The van der Waals surface area contributed by atoms with E-state index in [-0.39, 0.29) is 12.6 Å². The van der Waals surface area contributed by atoms with Gasteiger partial charge in [-0.05, 0) is 61.0 Å². The molecule has 10 heteroatoms. The van der Waals surface area contributed by atoms with Crippen molar-refractivity contribution in [3.8, 4) is 5.75 Å². The Bertz CT molecular complexity index is 1350. The Balaban J connectivity index is 0.942. The predicted molar refractivity (Wildman–Crippen MR) is 161 cm³/mol. The number of piperazine rings is 1. The number of thiophene rings is 1. The average molecular weight is 579 g/mol. The smallest absolute Gasteiger partial charge is 0.411 e. The van der Waals surface area contributed by atoms with E-state index in [0.717, 1.165) is 62.6 Å². The summed E-state index contributed by atoms with van der Waals surface area (Å²) < 4.78 is 18.2. The molecular formula is C31H38N4O5S. The summed E-state index contributed by atoms with van der Waals surface area (Å²) in [5.41, 5.74) is 3.19. The van der Waals surface area contributed by atoms with Gasteiger partial charge in [-0.2, -0.15) is 0 Å². The summed E-state index contributed by atoms with van der Waals surface area (Å²) in [4.78, 5) is 33.4. The van der Waals surface area contributed by atoms with Crippen LogP contribution in [-0.4, -0.2) is 94.2 Å². The first kappa shape index (κ1) is 27.8. The first-order valence-electron chi connectivity index (χ1n) is 14.6. The third-order valence-corrected chi connectivity index (χ3v) is 9.05. The van der Waals surface area contributed by atoms with E-state index >= 15 is 0 Å². The number of carbonyl (C=O) groups excluding carboxylic acids is 2. The number of nitrogens with zero attached hydrogens (tertiary/aromatic N) is 4. The molecule has 2 amide bonds. The molecule has 2 fully saturated rings. The minimum Gasteiger partial charge on any atom is -0.494 e. The van der Waals surface area contributed by atoms with E-state index < -0.39 is 6.09 Å². The highest BCUT2D eigenvalue weighted by atomic mass is 32.1. The molecular weight excluding hydrogens is 540 g/mol. The van der Waals surface area contributed by atoms with Gasteiger partial charge in [0.25, 0.3) is 0 Å². The molecule has 2 aromatic carbocycles. The van der Waals surface area contributed by atoms with E-state index in [0.29, 0.717) is 45.8 Å². The molecule has 0 aliphatic carbocycles. The van der Waals surface area contributed by atoms with Gasteiger partial charge in [0.05, 0.1) is 25.5 Å². The molecule has 0 spiro atoms. The SMILES string of the molecule is O=C(OCN1C(=O)CCc2ccc(OCCCCN3CCN(c4cccc5sccc45)CC3)cc21)N1CCOCC1. The molecule has 6 rings (SSSR count). The molecule has 0 saturated carbocycles. The van der Waals surface area contributed by atoms with Crippen LogP contribution in [0.5, 0.6) is 5.75 Å². The quantitative estimate of drug-likeness (QED) is 0.344. The summed E-state index contributed by atoms with van der Waals surface area (Å²) in [6.07, 6.45) is 2.71. The highest BCUT2D eigenvalue weighted by molar-refractivity contribution is 7.17. The molecule has 0 radical (unpaired) electrons. The van der Waals surface area contributed by atoms with Gasteiger partial charge < -0.3 is 24.0 Å². The van der Waals surface area contributed by atoms with Crippen molar-refractivity contribution in [1.82, 2.24) is 9.80 Å². The van der Waals surface area contributed by atoms with Gasteiger partial charge in [0.15, 0.2) is 6.73 Å². The predicted octanol–water partition coefficient (Wildman–Crippen LogP) is 4.59. The normalized spacial score (nSPS) is 18.0. The fourth-order valence-corrected chi connectivity index (χ4v) is 6.61. The summed E-state index contributed by atoms with van der Waals surface area (Å²) >= 11 is 1.81. The summed E-state index contributed by atoms with van der Waals surface area (Å²) in [6, 6.07) is 14.7. The number of anilines is 2. The van der Waals surface area contributed by atoms with Crippen LogP contribution in [0, 0.1) is 0 Å². The van der Waals surface area contributed by atoms with E-state index in [2.05, 4.69) is 39.4 Å². The maximum absolute atomic E-state index is 12.7. The number of hydrogen-bond acceptors (Lipinski definition) is 8. The second-order valence-electron chi connectivity index (χ2n) is 10.7. The van der Waals surface area contributed by atoms with Crippen LogP contribution < -0.4 is 14.5 Å². The molecule has 3 aliphatic rings. The van der Waals surface area contributed by atoms with Crippen molar-refractivity contribution in [3.05, 3.63) is 53.4 Å². The van der Waals surface area contributed by atoms with Crippen molar-refractivity contribution in [2.45, 2.75) is 25.7 Å². The number of unbranched alkanes of at least 4 members (excludes halogenated alkanes) is 1. The van der Waals surface area contributed by atoms with Crippen molar-refractivity contribution >= 4 is 44.8 Å². The van der Waals surface area contributed by atoms with E-state index in [4.69, 9.17) is 14.2 Å². The molecule has 218 valence electrons. The van der Waals surface area contributed by atoms with Gasteiger partial charge >= 0.3 is 6.09 Å². The first-order chi connectivity index (χ1) is 20.2. The molecule has 1 aromatic heterocycles. The lowest BCUT2D eigenvalue weighted by molar-refractivity contribution is -0.119. The Kier molecular flexibility index (Phi) is 8.88. The number of ether oxygens (including phenoxy) is 3. The van der Waals surface area contributed by atoms with Gasteiger partial charge in [-0.3, -0.25) is 14.6 Å². The second-order valence-corrected chi connectivity index (χ2v) is 11.7. The molecule has 3 aromatic rings. The zero-order valence-electron chi connectivity index (χ0n) is 23.5. The number of aryl methyl sites for hydroxylation is 1. The van der Waals surface area contributed by atoms with Crippen LogP contribution in [0.3, 0.4) is 0 Å². The lowest BCUT2D eigenvalue weighted by atomic mass is 10.0. The number of carbonyl (C=O) groups is 2. The van der Waals surface area contributed by atoms with Crippen molar-refractivity contribution in [3.63, 3.8) is 0 Å². The van der Waals surface area contributed by atoms with Crippen LogP contribution in [0.1, 0.15) is 24.8 Å². The van der Waals surface area contributed by atoms with Gasteiger partial charge in [0, 0.05) is 67.5 Å². The standard InChI is InChI=1S/C31H38N4O5S/c36-30-9-7-24-6-8-25(22-28(24)35(30)23-40-31(37)34-16-19-38-20-17-34)39-18-2-1-11-32-12-14-33(15-13-32)27-4-3-5-29-26(27)10-21-41-29/h3-6,8,10,21-22H,1-2,7,9,11-20,23H2. The lowest BCUT2D eigenvalue weighted by Crippen LogP contribution is -2.46. The van der Waals surface area contributed by atoms with Crippen LogP contribution in [0.2, 0.25) is 0 Å². The highest BCUT2D eigenvalue weighted by Gasteiger charge is 2.27. The Morgan fingerprint density at radius 1 is 0.927 bits per heavy atom. The third-order valence-electron chi connectivity index (χ3n) is 8.17. The number of amides is 2. The van der Waals surface area contributed by atoms with Gasteiger partial charge in [-0.1, -0.05) is 12.1 Å². The molecule has 4 heterocycles. The number of hydrogen-bond donors (Lipinski definition) is 0. The molecule has 0 atom stereocenters. The minimum absolute atomic E-state index is 0.0449. The van der Waals surface area contributed by atoms with E-state index in [1.807, 2.05) is 18.2 Å². The van der Waals surface area contributed by atoms with Gasteiger partial charge in [-0.25, -0.2) is 4.79 Å². The molecule has 2 saturated heterocycles. The molecule has 9 nitrogen and oxygen atoms in total. The third kappa shape index (κ3) is 6.60. The summed E-state index contributed by atoms with van der Waals surface area (Å²) in [5.74, 6) is 0.690. The summed E-state index contributed by atoms with van der Waals surface area (Å²) in [7, 11) is 0. The van der Waals surface area contributed by atoms with Crippen molar-refractivity contribution in [2.75, 3.05) is 82.2 Å². The number of morpholine rings is 1. The molecule has 0 bridgehead atoms. The molecule has 41 heavy (non-hydrogen) atoms. The highest BCUT2D eigenvalue weighted by Crippen LogP contribution is 2.32. The number of benzene rings is 2. The maximum atomic E-state index is 12.7. The molecule has 0 N–H and O–H groups in total. The Labute approximate surface area is 245 Å². The van der Waals surface area contributed by atoms with Crippen molar-refractivity contribution in [1.29, 1.82) is 0 Å². The van der Waals surface area contributed by atoms with Gasteiger partial charge in [0.1, 0.15) is 5.75 Å². The van der Waals surface area contributed by atoms with Crippen LogP contribution in [0.4, 0.5) is 16.2 Å². The van der Waals surface area contributed by atoms with E-state index in [1.54, 1.807) is 21.1 Å². The second kappa shape index (κ2) is 13.1. The Morgan fingerprint density at radius 3 is 2.63 bits per heavy atom. The fourth-order valence-electron chi connectivity index (χ4n) is 5.80. The zero-order chi connectivity index (χ0) is 28.0. The van der Waals surface area contributed by atoms with E-state index in [9.17, 15) is 9.59 Å². The number of rotatable bonds is 9. The Hall–Kier alpha value is -3.34. The fraction of sp³-hybridized carbons (Fsp3) is 0.484. The molecule has 0 unspecified atom stereocenters. The summed E-state index contributed by atoms with van der Waals surface area (Å²) in [5, 5.41) is 3.54. The van der Waals surface area contributed by atoms with Crippen LogP contribution in [0.15, 0.2) is 47.8 Å². The van der Waals surface area contributed by atoms with E-state index in [1.165, 1.54) is 15.8 Å². The van der Waals surface area contributed by atoms with Crippen LogP contribution >= 0.6 is 11.3 Å². The van der Waals surface area contributed by atoms with Crippen molar-refractivity contribution in [2.24, 2.45) is 0 Å². The first-order valence-corrected chi connectivity index (χ1v) is 15.5. The van der Waals surface area contributed by atoms with Gasteiger partial charge in [-0.15, -0.1) is 11.3 Å². The summed E-state index contributed by atoms with van der Waals surface area (Å²) in [6.45, 7) is 7.87. The molecule has 3 aliphatic heterocycles. The van der Waals surface area contributed by atoms with Gasteiger partial charge in [0.2, 0.25) is 5.91 Å². The zero-order valence-corrected chi connectivity index (χ0v) is 24.3. The van der Waals surface area contributed by atoms with Crippen LogP contribution in [-0.2, 0) is 20.7 Å². The topological polar surface area (TPSA) is 74.8 Å². The lowest BCUT2D eigenvalue weighted by Gasteiger charge is -2.36.